The number of nitrogens with zero attached hydrogens (tertiary/aromatic N) is 3. The zero-order chi connectivity index (χ0) is 20.5. The van der Waals surface area contributed by atoms with E-state index >= 15 is 0 Å². The molecule has 0 aliphatic carbocycles. The SMILES string of the molecule is CN=C(NCCCN1CCC(C)CC1)NCCc1coc(-c2ccc(C)cc2)n1.I. The van der Waals surface area contributed by atoms with Crippen LogP contribution in [0.4, 0.5) is 0 Å². The van der Waals surface area contributed by atoms with Crippen molar-refractivity contribution in [2.24, 2.45) is 10.9 Å². The molecule has 0 bridgehead atoms. The number of piperidine rings is 1. The summed E-state index contributed by atoms with van der Waals surface area (Å²) >= 11 is 0. The van der Waals surface area contributed by atoms with E-state index in [9.17, 15) is 0 Å². The number of oxazole rings is 1. The standard InChI is InChI=1S/C23H35N5O.HI/c1-18-5-7-20(8-6-18)22-27-21(17-29-22)9-13-26-23(24-3)25-12-4-14-28-15-10-19(2)11-16-28;/h5-8,17,19H,4,9-16H2,1-3H3,(H2,24,25,26);1H. The Hall–Kier alpha value is -1.61. The number of nitrogens with one attached hydrogen (secondary N) is 2. The average Bonchev–Trinajstić information content (AvgIpc) is 3.20. The fourth-order valence-electron chi connectivity index (χ4n) is 3.58. The number of aryl methyl sites for hydroxylation is 1. The number of hydrogen-bond donors (Lipinski definition) is 2. The molecule has 1 aliphatic heterocycles. The summed E-state index contributed by atoms with van der Waals surface area (Å²) in [7, 11) is 1.81. The molecular weight excluding hydrogens is 489 g/mol. The van der Waals surface area contributed by atoms with Gasteiger partial charge in [-0.05, 0) is 63.9 Å². The molecule has 0 atom stereocenters. The lowest BCUT2D eigenvalue weighted by Gasteiger charge is -2.30. The van der Waals surface area contributed by atoms with Crippen molar-refractivity contribution in [3.63, 3.8) is 0 Å². The smallest absolute Gasteiger partial charge is 0.226 e. The van der Waals surface area contributed by atoms with E-state index in [1.54, 1.807) is 6.26 Å². The predicted octanol–water partition coefficient (Wildman–Crippen LogP) is 4.10. The van der Waals surface area contributed by atoms with Gasteiger partial charge in [-0.25, -0.2) is 4.98 Å². The zero-order valence-electron chi connectivity index (χ0n) is 18.5. The second-order valence-electron chi connectivity index (χ2n) is 8.06. The van der Waals surface area contributed by atoms with Gasteiger partial charge in [0.25, 0.3) is 0 Å². The molecule has 0 saturated carbocycles. The van der Waals surface area contributed by atoms with Crippen LogP contribution in [-0.4, -0.2) is 55.6 Å². The Balaban J connectivity index is 0.00000320. The lowest BCUT2D eigenvalue weighted by molar-refractivity contribution is 0.191. The predicted molar refractivity (Wildman–Crippen MR) is 135 cm³/mol. The summed E-state index contributed by atoms with van der Waals surface area (Å²) in [5, 5.41) is 6.77. The lowest BCUT2D eigenvalue weighted by atomic mass is 9.99. The average molecular weight is 525 g/mol. The van der Waals surface area contributed by atoms with Gasteiger partial charge in [-0.3, -0.25) is 4.99 Å². The summed E-state index contributed by atoms with van der Waals surface area (Å²) < 4.78 is 5.63. The molecule has 1 aromatic heterocycles. The van der Waals surface area contributed by atoms with Crippen LogP contribution in [0.2, 0.25) is 0 Å². The Kier molecular flexibility index (Phi) is 10.6. The number of benzene rings is 1. The topological polar surface area (TPSA) is 65.7 Å². The summed E-state index contributed by atoms with van der Waals surface area (Å²) in [5.41, 5.74) is 3.19. The van der Waals surface area contributed by atoms with E-state index in [0.717, 1.165) is 55.6 Å². The minimum absolute atomic E-state index is 0. The number of hydrogen-bond acceptors (Lipinski definition) is 4. The minimum atomic E-state index is 0. The first kappa shape index (κ1) is 24.7. The van der Waals surface area contributed by atoms with Gasteiger partial charge in [0.15, 0.2) is 5.96 Å². The number of aromatic nitrogens is 1. The van der Waals surface area contributed by atoms with Crippen molar-refractivity contribution in [2.75, 3.05) is 39.8 Å². The summed E-state index contributed by atoms with van der Waals surface area (Å²) in [5.74, 6) is 2.42. The van der Waals surface area contributed by atoms with Crippen LogP contribution in [0, 0.1) is 12.8 Å². The van der Waals surface area contributed by atoms with Crippen molar-refractivity contribution in [3.05, 3.63) is 41.8 Å². The van der Waals surface area contributed by atoms with Gasteiger partial charge in [0.05, 0.1) is 5.69 Å². The molecule has 2 heterocycles. The third-order valence-electron chi connectivity index (χ3n) is 5.57. The van der Waals surface area contributed by atoms with Gasteiger partial charge >= 0.3 is 0 Å². The number of rotatable bonds is 8. The highest BCUT2D eigenvalue weighted by Crippen LogP contribution is 2.19. The molecule has 166 valence electrons. The van der Waals surface area contributed by atoms with Gasteiger partial charge in [-0.1, -0.05) is 24.6 Å². The Morgan fingerprint density at radius 3 is 2.57 bits per heavy atom. The minimum Gasteiger partial charge on any atom is -0.444 e. The number of aliphatic imine (C=N–C) groups is 1. The lowest BCUT2D eigenvalue weighted by Crippen LogP contribution is -2.40. The molecule has 3 rings (SSSR count). The zero-order valence-corrected chi connectivity index (χ0v) is 20.8. The van der Waals surface area contributed by atoms with Gasteiger partial charge in [0.2, 0.25) is 5.89 Å². The van der Waals surface area contributed by atoms with Crippen LogP contribution in [0.3, 0.4) is 0 Å². The molecule has 1 aromatic carbocycles. The first-order chi connectivity index (χ1) is 14.1. The van der Waals surface area contributed by atoms with Crippen LogP contribution in [0.25, 0.3) is 11.5 Å². The van der Waals surface area contributed by atoms with E-state index in [2.05, 4.69) is 51.5 Å². The Labute approximate surface area is 198 Å². The van der Waals surface area contributed by atoms with E-state index in [-0.39, 0.29) is 24.0 Å². The Bertz CT molecular complexity index is 766. The normalized spacial score (nSPS) is 15.6. The van der Waals surface area contributed by atoms with Gasteiger partial charge in [0, 0.05) is 32.1 Å². The summed E-state index contributed by atoms with van der Waals surface area (Å²) in [6.07, 6.45) is 6.35. The van der Waals surface area contributed by atoms with Gasteiger partial charge in [0.1, 0.15) is 6.26 Å². The second-order valence-corrected chi connectivity index (χ2v) is 8.06. The molecule has 2 aromatic rings. The fraction of sp³-hybridized carbons (Fsp3) is 0.565. The van der Waals surface area contributed by atoms with Crippen LogP contribution < -0.4 is 10.6 Å². The molecule has 1 saturated heterocycles. The maximum Gasteiger partial charge on any atom is 0.226 e. The monoisotopic (exact) mass is 525 g/mol. The van der Waals surface area contributed by atoms with E-state index < -0.39 is 0 Å². The van der Waals surface area contributed by atoms with E-state index in [0.29, 0.717) is 5.89 Å². The number of likely N-dealkylation sites (tertiary alicyclic amines) is 1. The van der Waals surface area contributed by atoms with Crippen LogP contribution in [0.15, 0.2) is 39.9 Å². The van der Waals surface area contributed by atoms with Crippen molar-refractivity contribution >= 4 is 29.9 Å². The molecule has 1 fully saturated rings. The molecule has 6 nitrogen and oxygen atoms in total. The van der Waals surface area contributed by atoms with Crippen molar-refractivity contribution in [2.45, 2.75) is 39.5 Å². The Morgan fingerprint density at radius 2 is 1.87 bits per heavy atom. The van der Waals surface area contributed by atoms with Gasteiger partial charge < -0.3 is 20.0 Å². The molecule has 7 heteroatoms. The van der Waals surface area contributed by atoms with Crippen LogP contribution in [0.5, 0.6) is 0 Å². The third kappa shape index (κ3) is 7.91. The molecule has 0 radical (unpaired) electrons. The highest BCUT2D eigenvalue weighted by molar-refractivity contribution is 14.0. The number of guanidine groups is 1. The van der Waals surface area contributed by atoms with E-state index in [4.69, 9.17) is 4.42 Å². The van der Waals surface area contributed by atoms with Crippen LogP contribution in [0.1, 0.15) is 37.4 Å². The maximum absolute atomic E-state index is 5.63. The quantitative estimate of drug-likeness (QED) is 0.235. The van der Waals surface area contributed by atoms with Crippen molar-refractivity contribution in [3.8, 4) is 11.5 Å². The molecule has 30 heavy (non-hydrogen) atoms. The van der Waals surface area contributed by atoms with Crippen LogP contribution in [-0.2, 0) is 6.42 Å². The summed E-state index contributed by atoms with van der Waals surface area (Å²) in [4.78, 5) is 11.5. The third-order valence-corrected chi connectivity index (χ3v) is 5.57. The molecule has 0 amide bonds. The second kappa shape index (κ2) is 12.9. The maximum atomic E-state index is 5.63. The first-order valence-corrected chi connectivity index (χ1v) is 10.8. The molecular formula is C23H36IN5O. The van der Waals surface area contributed by atoms with E-state index in [1.807, 2.05) is 19.2 Å². The molecule has 1 aliphatic rings. The van der Waals surface area contributed by atoms with Gasteiger partial charge in [-0.15, -0.1) is 24.0 Å². The highest BCUT2D eigenvalue weighted by Gasteiger charge is 2.14. The highest BCUT2D eigenvalue weighted by atomic mass is 127. The largest absolute Gasteiger partial charge is 0.444 e. The van der Waals surface area contributed by atoms with Gasteiger partial charge in [-0.2, -0.15) is 0 Å². The fourth-order valence-corrected chi connectivity index (χ4v) is 3.58. The van der Waals surface area contributed by atoms with E-state index in [1.165, 1.54) is 31.5 Å². The summed E-state index contributed by atoms with van der Waals surface area (Å²) in [6.45, 7) is 9.80. The van der Waals surface area contributed by atoms with Crippen molar-refractivity contribution < 1.29 is 4.42 Å². The number of halogens is 1. The molecule has 0 spiro atoms. The van der Waals surface area contributed by atoms with Crippen molar-refractivity contribution in [1.29, 1.82) is 0 Å². The first-order valence-electron chi connectivity index (χ1n) is 10.8. The summed E-state index contributed by atoms with van der Waals surface area (Å²) in [6, 6.07) is 8.23. The van der Waals surface area contributed by atoms with Crippen molar-refractivity contribution in [1.82, 2.24) is 20.5 Å². The van der Waals surface area contributed by atoms with Crippen LogP contribution >= 0.6 is 24.0 Å². The molecule has 0 unspecified atom stereocenters. The Morgan fingerprint density at radius 1 is 1.17 bits per heavy atom. The molecule has 2 N–H and O–H groups in total.